The smallest absolute Gasteiger partial charge is 0.515 e. The summed E-state index contributed by atoms with van der Waals surface area (Å²) in [7, 11) is 1.48. The molecule has 2 aromatic rings. The number of methoxy groups -OCH3 is 1. The molecule has 7 heteroatoms. The summed E-state index contributed by atoms with van der Waals surface area (Å²) in [5.74, 6) is 0.393. The highest BCUT2D eigenvalue weighted by Crippen LogP contribution is 2.07. The van der Waals surface area contributed by atoms with Gasteiger partial charge in [0.25, 0.3) is 0 Å². The molecule has 0 spiro atoms. The van der Waals surface area contributed by atoms with Gasteiger partial charge in [-0.15, -0.1) is 0 Å². The third kappa shape index (κ3) is 4.51. The third-order valence-corrected chi connectivity index (χ3v) is 2.69. The van der Waals surface area contributed by atoms with Gasteiger partial charge in [-0.2, -0.15) is 4.79 Å². The van der Waals surface area contributed by atoms with Gasteiger partial charge in [-0.05, 0) is 12.1 Å². The van der Waals surface area contributed by atoms with E-state index in [2.05, 4.69) is 9.97 Å². The van der Waals surface area contributed by atoms with E-state index in [1.807, 2.05) is 0 Å². The average molecular weight is 289 g/mol. The number of alkyl carbamates (subject to hydrolysis) is 1. The van der Waals surface area contributed by atoms with E-state index < -0.39 is 11.2 Å². The van der Waals surface area contributed by atoms with Crippen LogP contribution in [0.3, 0.4) is 0 Å². The minimum atomic E-state index is -0.866. The first-order valence-electron chi connectivity index (χ1n) is 6.27. The summed E-state index contributed by atoms with van der Waals surface area (Å²) in [5.41, 5.74) is 1.37. The molecule has 0 aliphatic rings. The standard InChI is InChI=1S/C14H15N3O4/c1-20-13-7-11(4-6-16-13)9-17(19)14(18)21-10-12-3-2-5-15-8-12/h2-8,17H,9-10H2,1H3. The monoisotopic (exact) mass is 289 g/mol. The van der Waals surface area contributed by atoms with Crippen molar-refractivity contribution in [3.63, 3.8) is 0 Å². The zero-order valence-corrected chi connectivity index (χ0v) is 11.5. The number of carbonyl (C=O) groups excluding carboxylic acids is 1. The van der Waals surface area contributed by atoms with Crippen molar-refractivity contribution in [3.8, 4) is 5.88 Å². The molecule has 0 fully saturated rings. The molecule has 0 radical (unpaired) electrons. The van der Waals surface area contributed by atoms with Crippen LogP contribution in [0.4, 0.5) is 4.79 Å². The van der Waals surface area contributed by atoms with Crippen LogP contribution in [0.1, 0.15) is 11.1 Å². The van der Waals surface area contributed by atoms with Crippen LogP contribution in [-0.2, 0) is 17.9 Å². The van der Waals surface area contributed by atoms with Gasteiger partial charge in [0.15, 0.2) is 0 Å². The van der Waals surface area contributed by atoms with Gasteiger partial charge in [-0.25, -0.2) is 4.98 Å². The number of hydrogen-bond donors (Lipinski definition) is 1. The molecule has 0 saturated heterocycles. The first-order valence-corrected chi connectivity index (χ1v) is 6.27. The van der Waals surface area contributed by atoms with E-state index in [-0.39, 0.29) is 13.2 Å². The van der Waals surface area contributed by atoms with Gasteiger partial charge in [0.05, 0.1) is 7.11 Å². The molecule has 1 unspecified atom stereocenters. The first-order chi connectivity index (χ1) is 10.2. The van der Waals surface area contributed by atoms with Crippen molar-refractivity contribution in [1.82, 2.24) is 9.97 Å². The normalized spacial score (nSPS) is 11.7. The van der Waals surface area contributed by atoms with Crippen LogP contribution < -0.4 is 9.80 Å². The Balaban J connectivity index is 1.87. The van der Waals surface area contributed by atoms with E-state index in [0.29, 0.717) is 11.4 Å². The van der Waals surface area contributed by atoms with Crippen LogP contribution in [0.25, 0.3) is 0 Å². The molecule has 1 atom stereocenters. The topological polar surface area (TPSA) is 88.8 Å². The van der Waals surface area contributed by atoms with Crippen molar-refractivity contribution >= 4 is 6.09 Å². The molecule has 1 N–H and O–H groups in total. The number of pyridine rings is 2. The molecular formula is C14H15N3O4. The third-order valence-electron chi connectivity index (χ3n) is 2.69. The van der Waals surface area contributed by atoms with Crippen molar-refractivity contribution in [2.75, 3.05) is 7.11 Å². The summed E-state index contributed by atoms with van der Waals surface area (Å²) in [5, 5.41) is 11.2. The lowest BCUT2D eigenvalue weighted by atomic mass is 10.2. The van der Waals surface area contributed by atoms with E-state index in [1.54, 1.807) is 36.7 Å². The number of hydrogen-bond acceptors (Lipinski definition) is 6. The van der Waals surface area contributed by atoms with E-state index in [1.165, 1.54) is 13.3 Å². The molecular weight excluding hydrogens is 274 g/mol. The highest BCUT2D eigenvalue weighted by molar-refractivity contribution is 5.57. The molecule has 2 aromatic heterocycles. The molecule has 0 saturated carbocycles. The summed E-state index contributed by atoms with van der Waals surface area (Å²) in [4.78, 5) is 19.5. The molecule has 0 aliphatic heterocycles. The molecule has 0 aromatic carbocycles. The van der Waals surface area contributed by atoms with Gasteiger partial charge >= 0.3 is 6.09 Å². The lowest BCUT2D eigenvalue weighted by molar-refractivity contribution is -0.784. The van der Waals surface area contributed by atoms with Gasteiger partial charge in [-0.1, -0.05) is 6.07 Å². The molecule has 0 bridgehead atoms. The van der Waals surface area contributed by atoms with Gasteiger partial charge in [0.2, 0.25) is 5.88 Å². The van der Waals surface area contributed by atoms with E-state index in [0.717, 1.165) is 5.56 Å². The van der Waals surface area contributed by atoms with Crippen molar-refractivity contribution < 1.29 is 19.3 Å². The fourth-order valence-corrected chi connectivity index (χ4v) is 1.64. The summed E-state index contributed by atoms with van der Waals surface area (Å²) in [6.07, 6.45) is 3.84. The number of hydroxylamine groups is 2. The second kappa shape index (κ2) is 7.32. The Hall–Kier alpha value is -2.51. The molecule has 7 nitrogen and oxygen atoms in total. The van der Waals surface area contributed by atoms with E-state index in [4.69, 9.17) is 9.47 Å². The predicted octanol–water partition coefficient (Wildman–Crippen LogP) is 0.705. The predicted molar refractivity (Wildman–Crippen MR) is 73.2 cm³/mol. The number of quaternary nitrogens is 1. The zero-order chi connectivity index (χ0) is 15.1. The van der Waals surface area contributed by atoms with Crippen LogP contribution in [0, 0.1) is 5.21 Å². The maximum Gasteiger partial charge on any atom is 0.515 e. The fraction of sp³-hybridized carbons (Fsp3) is 0.214. The van der Waals surface area contributed by atoms with E-state index in [9.17, 15) is 10.0 Å². The Bertz CT molecular complexity index is 592. The molecule has 2 heterocycles. The minimum absolute atomic E-state index is 0.0259. The Morgan fingerprint density at radius 1 is 1.33 bits per heavy atom. The molecule has 0 aliphatic carbocycles. The number of ether oxygens (including phenoxy) is 2. The maximum absolute atomic E-state index is 11.8. The van der Waals surface area contributed by atoms with Gasteiger partial charge in [0.1, 0.15) is 13.2 Å². The average Bonchev–Trinajstić information content (AvgIpc) is 2.53. The summed E-state index contributed by atoms with van der Waals surface area (Å²) < 4.78 is 9.90. The second-order valence-electron chi connectivity index (χ2n) is 4.24. The summed E-state index contributed by atoms with van der Waals surface area (Å²) >= 11 is 0. The number of nitrogens with zero attached hydrogens (tertiary/aromatic N) is 2. The Kier molecular flexibility index (Phi) is 5.19. The van der Waals surface area contributed by atoms with Crippen LogP contribution in [0.15, 0.2) is 42.9 Å². The number of amides is 1. The second-order valence-corrected chi connectivity index (χ2v) is 4.24. The minimum Gasteiger partial charge on any atom is -0.624 e. The van der Waals surface area contributed by atoms with Crippen molar-refractivity contribution in [2.45, 2.75) is 13.2 Å². The van der Waals surface area contributed by atoms with Crippen LogP contribution in [0.5, 0.6) is 5.88 Å². The van der Waals surface area contributed by atoms with Crippen LogP contribution >= 0.6 is 0 Å². The van der Waals surface area contributed by atoms with Gasteiger partial charge < -0.3 is 14.7 Å². The zero-order valence-electron chi connectivity index (χ0n) is 11.5. The summed E-state index contributed by atoms with van der Waals surface area (Å²) in [6, 6.07) is 6.74. The highest BCUT2D eigenvalue weighted by atomic mass is 16.6. The Morgan fingerprint density at radius 3 is 2.90 bits per heavy atom. The molecule has 1 amide bonds. The number of carbonyl (C=O) groups is 1. The van der Waals surface area contributed by atoms with Crippen molar-refractivity contribution in [1.29, 1.82) is 0 Å². The van der Waals surface area contributed by atoms with Gasteiger partial charge in [0, 0.05) is 35.8 Å². The van der Waals surface area contributed by atoms with E-state index >= 15 is 0 Å². The quantitative estimate of drug-likeness (QED) is 0.815. The Morgan fingerprint density at radius 2 is 2.19 bits per heavy atom. The molecule has 21 heavy (non-hydrogen) atoms. The van der Waals surface area contributed by atoms with Crippen molar-refractivity contribution in [3.05, 3.63) is 59.2 Å². The molecule has 110 valence electrons. The maximum atomic E-state index is 11.8. The largest absolute Gasteiger partial charge is 0.624 e. The highest BCUT2D eigenvalue weighted by Gasteiger charge is 2.14. The van der Waals surface area contributed by atoms with Crippen LogP contribution in [-0.4, -0.2) is 23.2 Å². The number of nitrogens with one attached hydrogen (secondary N) is 1. The first kappa shape index (κ1) is 14.9. The Labute approximate surface area is 121 Å². The van der Waals surface area contributed by atoms with Gasteiger partial charge in [-0.3, -0.25) is 10.0 Å². The van der Waals surface area contributed by atoms with Crippen LogP contribution in [0.2, 0.25) is 0 Å². The lowest BCUT2D eigenvalue weighted by Gasteiger charge is -2.18. The summed E-state index contributed by atoms with van der Waals surface area (Å²) in [6.45, 7) is -0.0250. The SMILES string of the molecule is COc1cc(C[NH+]([O-])C(=O)OCc2cccnc2)ccn1. The lowest BCUT2D eigenvalue weighted by Crippen LogP contribution is -3.08. The fourth-order valence-electron chi connectivity index (χ4n) is 1.64. The number of rotatable bonds is 5. The molecule has 2 rings (SSSR count). The number of aromatic nitrogens is 2. The van der Waals surface area contributed by atoms with Crippen molar-refractivity contribution in [2.24, 2.45) is 0 Å².